The van der Waals surface area contributed by atoms with Crippen molar-refractivity contribution in [1.82, 2.24) is 4.98 Å². The Bertz CT molecular complexity index is 1050. The van der Waals surface area contributed by atoms with Gasteiger partial charge in [0.15, 0.2) is 5.96 Å². The van der Waals surface area contributed by atoms with Crippen molar-refractivity contribution in [2.24, 2.45) is 16.5 Å². The molecule has 5 nitrogen and oxygen atoms in total. The Kier molecular flexibility index (Phi) is 4.61. The van der Waals surface area contributed by atoms with Crippen LogP contribution in [0, 0.1) is 19.7 Å². The summed E-state index contributed by atoms with van der Waals surface area (Å²) in [6.45, 7) is 3.68. The van der Waals surface area contributed by atoms with Gasteiger partial charge in [0, 0.05) is 27.8 Å². The maximum absolute atomic E-state index is 14.6. The molecule has 0 atom stereocenters. The van der Waals surface area contributed by atoms with Crippen molar-refractivity contribution < 1.29 is 9.18 Å². The summed E-state index contributed by atoms with van der Waals surface area (Å²) in [6.07, 6.45) is 0. The number of aliphatic imine (C=N–C) groups is 1. The number of hydrogen-bond donors (Lipinski definition) is 2. The fourth-order valence-corrected chi connectivity index (χ4v) is 3.11. The van der Waals surface area contributed by atoms with E-state index in [1.54, 1.807) is 30.3 Å². The molecule has 0 unspecified atom stereocenters. The average molecular weight is 371 g/mol. The molecule has 7 heteroatoms. The standard InChI is InChI=1S/C19H16ClFN4O/c1-9-10(2)24-15-7-6-11(18(26)25-19(22)23)8-12(15)16(9)17-13(20)4-3-5-14(17)21/h3-8H,1-2H3,(H4,22,23,25,26). The minimum absolute atomic E-state index is 0.268. The third-order valence-electron chi connectivity index (χ3n) is 4.16. The van der Waals surface area contributed by atoms with Crippen LogP contribution >= 0.6 is 11.6 Å². The summed E-state index contributed by atoms with van der Waals surface area (Å²) >= 11 is 6.28. The fourth-order valence-electron chi connectivity index (χ4n) is 2.85. The van der Waals surface area contributed by atoms with Gasteiger partial charge in [-0.2, -0.15) is 4.99 Å². The number of hydrogen-bond acceptors (Lipinski definition) is 2. The van der Waals surface area contributed by atoms with E-state index in [1.165, 1.54) is 6.07 Å². The van der Waals surface area contributed by atoms with E-state index in [0.29, 0.717) is 16.5 Å². The predicted octanol–water partition coefficient (Wildman–Crippen LogP) is 3.72. The molecular weight excluding hydrogens is 355 g/mol. The third kappa shape index (κ3) is 3.11. The van der Waals surface area contributed by atoms with E-state index < -0.39 is 11.7 Å². The van der Waals surface area contributed by atoms with Crippen molar-refractivity contribution >= 4 is 34.4 Å². The fraction of sp³-hybridized carbons (Fsp3) is 0.105. The van der Waals surface area contributed by atoms with E-state index in [0.717, 1.165) is 11.3 Å². The lowest BCUT2D eigenvalue weighted by Crippen LogP contribution is -2.24. The van der Waals surface area contributed by atoms with Gasteiger partial charge in [-0.25, -0.2) is 4.39 Å². The number of benzene rings is 2. The SMILES string of the molecule is Cc1nc2ccc(C(=O)N=C(N)N)cc2c(-c2c(F)cccc2Cl)c1C. The van der Waals surface area contributed by atoms with Crippen molar-refractivity contribution in [2.75, 3.05) is 0 Å². The Balaban J connectivity index is 2.39. The molecule has 0 saturated carbocycles. The average Bonchev–Trinajstić information content (AvgIpc) is 2.57. The van der Waals surface area contributed by atoms with E-state index in [4.69, 9.17) is 23.1 Å². The molecule has 26 heavy (non-hydrogen) atoms. The minimum atomic E-state index is -0.587. The number of nitrogens with two attached hydrogens (primary N) is 2. The maximum atomic E-state index is 14.6. The summed E-state index contributed by atoms with van der Waals surface area (Å²) in [4.78, 5) is 20.2. The molecule has 0 aliphatic heterocycles. The van der Waals surface area contributed by atoms with Gasteiger partial charge in [0.1, 0.15) is 5.82 Å². The lowest BCUT2D eigenvalue weighted by Gasteiger charge is -2.15. The first-order chi connectivity index (χ1) is 12.3. The van der Waals surface area contributed by atoms with Gasteiger partial charge < -0.3 is 11.5 Å². The van der Waals surface area contributed by atoms with Crippen molar-refractivity contribution in [3.63, 3.8) is 0 Å². The Hall–Kier alpha value is -2.99. The van der Waals surface area contributed by atoms with Gasteiger partial charge in [0.25, 0.3) is 5.91 Å². The minimum Gasteiger partial charge on any atom is -0.370 e. The number of rotatable bonds is 2. The van der Waals surface area contributed by atoms with Crippen molar-refractivity contribution in [2.45, 2.75) is 13.8 Å². The predicted molar refractivity (Wildman–Crippen MR) is 102 cm³/mol. The molecule has 1 heterocycles. The summed E-state index contributed by atoms with van der Waals surface area (Å²) in [5.41, 5.74) is 13.8. The first kappa shape index (κ1) is 17.8. The molecule has 0 spiro atoms. The molecule has 0 aliphatic rings. The first-order valence-corrected chi connectivity index (χ1v) is 8.16. The zero-order valence-corrected chi connectivity index (χ0v) is 14.9. The normalized spacial score (nSPS) is 10.8. The molecule has 0 radical (unpaired) electrons. The van der Waals surface area contributed by atoms with E-state index in [-0.39, 0.29) is 22.1 Å². The van der Waals surface area contributed by atoms with Gasteiger partial charge in [0.2, 0.25) is 0 Å². The molecule has 3 aromatic rings. The number of halogens is 2. The number of aryl methyl sites for hydroxylation is 1. The summed E-state index contributed by atoms with van der Waals surface area (Å²) in [5, 5.41) is 0.873. The molecule has 0 aliphatic carbocycles. The molecule has 2 aromatic carbocycles. The molecule has 0 fully saturated rings. The van der Waals surface area contributed by atoms with Crippen LogP contribution < -0.4 is 11.5 Å². The monoisotopic (exact) mass is 370 g/mol. The summed E-state index contributed by atoms with van der Waals surface area (Å²) < 4.78 is 14.6. The smallest absolute Gasteiger partial charge is 0.280 e. The highest BCUT2D eigenvalue weighted by Crippen LogP contribution is 2.38. The van der Waals surface area contributed by atoms with Crippen LogP contribution in [0.15, 0.2) is 41.4 Å². The van der Waals surface area contributed by atoms with Crippen LogP contribution in [0.25, 0.3) is 22.0 Å². The van der Waals surface area contributed by atoms with Crippen molar-refractivity contribution in [3.05, 3.63) is 64.1 Å². The Morgan fingerprint density at radius 2 is 1.88 bits per heavy atom. The van der Waals surface area contributed by atoms with Crippen LogP contribution in [-0.4, -0.2) is 16.9 Å². The second-order valence-electron chi connectivity index (χ2n) is 5.87. The molecule has 1 aromatic heterocycles. The second-order valence-corrected chi connectivity index (χ2v) is 6.27. The molecule has 132 valence electrons. The number of pyridine rings is 1. The van der Waals surface area contributed by atoms with Gasteiger partial charge >= 0.3 is 0 Å². The third-order valence-corrected chi connectivity index (χ3v) is 4.48. The maximum Gasteiger partial charge on any atom is 0.280 e. The van der Waals surface area contributed by atoms with Crippen LogP contribution in [0.1, 0.15) is 21.6 Å². The van der Waals surface area contributed by atoms with E-state index in [2.05, 4.69) is 9.98 Å². The lowest BCUT2D eigenvalue weighted by molar-refractivity contribution is 0.100. The largest absolute Gasteiger partial charge is 0.370 e. The van der Waals surface area contributed by atoms with Gasteiger partial charge in [-0.1, -0.05) is 17.7 Å². The second kappa shape index (κ2) is 6.72. The number of guanidine groups is 1. The summed E-state index contributed by atoms with van der Waals surface area (Å²) in [7, 11) is 0. The Labute approximate surface area is 154 Å². The van der Waals surface area contributed by atoms with Gasteiger partial charge in [-0.15, -0.1) is 0 Å². The number of carbonyl (C=O) groups is 1. The molecule has 0 saturated heterocycles. The van der Waals surface area contributed by atoms with E-state index in [9.17, 15) is 9.18 Å². The topological polar surface area (TPSA) is 94.4 Å². The van der Waals surface area contributed by atoms with Gasteiger partial charge in [-0.3, -0.25) is 9.78 Å². The van der Waals surface area contributed by atoms with Gasteiger partial charge in [0.05, 0.1) is 10.5 Å². The number of carbonyl (C=O) groups excluding carboxylic acids is 1. The van der Waals surface area contributed by atoms with E-state index >= 15 is 0 Å². The zero-order chi connectivity index (χ0) is 19.0. The van der Waals surface area contributed by atoms with Crippen molar-refractivity contribution in [1.29, 1.82) is 0 Å². The summed E-state index contributed by atoms with van der Waals surface area (Å²) in [5.74, 6) is -1.37. The van der Waals surface area contributed by atoms with Crippen LogP contribution in [0.3, 0.4) is 0 Å². The van der Waals surface area contributed by atoms with Crippen LogP contribution in [-0.2, 0) is 0 Å². The quantitative estimate of drug-likeness (QED) is 0.531. The molecule has 0 bridgehead atoms. The van der Waals surface area contributed by atoms with Crippen LogP contribution in [0.5, 0.6) is 0 Å². The van der Waals surface area contributed by atoms with Crippen LogP contribution in [0.4, 0.5) is 4.39 Å². The number of fused-ring (bicyclic) bond motifs is 1. The number of amides is 1. The van der Waals surface area contributed by atoms with Crippen molar-refractivity contribution in [3.8, 4) is 11.1 Å². The number of aromatic nitrogens is 1. The number of nitrogens with zero attached hydrogens (tertiary/aromatic N) is 2. The Morgan fingerprint density at radius 1 is 1.15 bits per heavy atom. The highest BCUT2D eigenvalue weighted by Gasteiger charge is 2.19. The first-order valence-electron chi connectivity index (χ1n) is 7.79. The molecule has 3 rings (SSSR count). The highest BCUT2D eigenvalue weighted by atomic mass is 35.5. The molecular formula is C19H16ClFN4O. The molecule has 1 amide bonds. The summed E-state index contributed by atoms with van der Waals surface area (Å²) in [6, 6.07) is 9.36. The molecule has 4 N–H and O–H groups in total. The Morgan fingerprint density at radius 3 is 2.54 bits per heavy atom. The zero-order valence-electron chi connectivity index (χ0n) is 14.2. The lowest BCUT2D eigenvalue weighted by atomic mass is 9.93. The van der Waals surface area contributed by atoms with Crippen LogP contribution in [0.2, 0.25) is 5.02 Å². The highest BCUT2D eigenvalue weighted by molar-refractivity contribution is 6.33. The van der Waals surface area contributed by atoms with E-state index in [1.807, 2.05) is 13.8 Å². The van der Waals surface area contributed by atoms with Gasteiger partial charge in [-0.05, 0) is 49.7 Å².